The average molecular weight is 296 g/mol. The van der Waals surface area contributed by atoms with Crippen molar-refractivity contribution >= 4 is 27.8 Å². The van der Waals surface area contributed by atoms with Crippen LogP contribution in [0.1, 0.15) is 20.8 Å². The molecule has 0 bridgehead atoms. The van der Waals surface area contributed by atoms with Crippen LogP contribution in [0, 0.1) is 0 Å². The summed E-state index contributed by atoms with van der Waals surface area (Å²) in [5.41, 5.74) is -0.550. The largest absolute Gasteiger partial charge is 0.444 e. The van der Waals surface area contributed by atoms with E-state index in [1.165, 1.54) is 7.11 Å². The lowest BCUT2D eigenvalue weighted by Crippen LogP contribution is -2.40. The smallest absolute Gasteiger partial charge is 0.407 e. The van der Waals surface area contributed by atoms with E-state index in [1.54, 1.807) is 20.8 Å². The lowest BCUT2D eigenvalue weighted by Gasteiger charge is -2.21. The van der Waals surface area contributed by atoms with Gasteiger partial charge in [0.1, 0.15) is 11.7 Å². The van der Waals surface area contributed by atoms with Gasteiger partial charge in [-0.1, -0.05) is 15.9 Å². The topological polar surface area (TPSA) is 64.6 Å². The Kier molecular flexibility index (Phi) is 6.59. The van der Waals surface area contributed by atoms with Gasteiger partial charge in [-0.3, -0.25) is 4.79 Å². The molecule has 0 aromatic carbocycles. The van der Waals surface area contributed by atoms with Gasteiger partial charge in [0.05, 0.1) is 11.9 Å². The number of hydrogen-bond donors (Lipinski definition) is 1. The van der Waals surface area contributed by atoms with Crippen LogP contribution in [0.15, 0.2) is 0 Å². The molecular formula is C10H18BrNO4. The molecule has 5 nitrogen and oxygen atoms in total. The Morgan fingerprint density at radius 3 is 2.31 bits per heavy atom. The summed E-state index contributed by atoms with van der Waals surface area (Å²) < 4.78 is 9.95. The third-order valence-electron chi connectivity index (χ3n) is 1.61. The van der Waals surface area contributed by atoms with Crippen molar-refractivity contribution in [3.8, 4) is 0 Å². The molecule has 0 aliphatic carbocycles. The highest BCUT2D eigenvalue weighted by molar-refractivity contribution is 9.09. The Balaban J connectivity index is 4.03. The number of nitrogens with one attached hydrogen (secondary N) is 1. The van der Waals surface area contributed by atoms with Crippen molar-refractivity contribution in [2.75, 3.05) is 19.0 Å². The highest BCUT2D eigenvalue weighted by Crippen LogP contribution is 2.06. The lowest BCUT2D eigenvalue weighted by molar-refractivity contribution is -0.125. The van der Waals surface area contributed by atoms with Gasteiger partial charge in [0.2, 0.25) is 0 Å². The van der Waals surface area contributed by atoms with Crippen molar-refractivity contribution < 1.29 is 19.1 Å². The Labute approximate surface area is 104 Å². The zero-order chi connectivity index (χ0) is 12.8. The number of methoxy groups -OCH3 is 1. The summed E-state index contributed by atoms with van der Waals surface area (Å²) in [5.74, 6) is -0.126. The van der Waals surface area contributed by atoms with Gasteiger partial charge in [0.15, 0.2) is 5.78 Å². The number of rotatable bonds is 5. The molecule has 0 fully saturated rings. The minimum Gasteiger partial charge on any atom is -0.444 e. The van der Waals surface area contributed by atoms with Gasteiger partial charge in [-0.25, -0.2) is 4.79 Å². The van der Waals surface area contributed by atoms with E-state index < -0.39 is 17.8 Å². The SMILES string of the molecule is COC(CNC(=O)OC(C)(C)C)C(=O)CBr. The van der Waals surface area contributed by atoms with Crippen molar-refractivity contribution in [3.63, 3.8) is 0 Å². The van der Waals surface area contributed by atoms with Crippen LogP contribution in [-0.4, -0.2) is 42.6 Å². The third-order valence-corrected chi connectivity index (χ3v) is 2.16. The maximum absolute atomic E-state index is 11.3. The fourth-order valence-corrected chi connectivity index (χ4v) is 1.27. The van der Waals surface area contributed by atoms with E-state index in [9.17, 15) is 9.59 Å². The summed E-state index contributed by atoms with van der Waals surface area (Å²) in [7, 11) is 1.42. The summed E-state index contributed by atoms with van der Waals surface area (Å²) in [5, 5.41) is 2.67. The second-order valence-corrected chi connectivity index (χ2v) is 4.77. The average Bonchev–Trinajstić information content (AvgIpc) is 2.15. The van der Waals surface area contributed by atoms with E-state index in [4.69, 9.17) is 9.47 Å². The second kappa shape index (κ2) is 6.85. The second-order valence-electron chi connectivity index (χ2n) is 4.21. The molecule has 0 aromatic heterocycles. The maximum Gasteiger partial charge on any atom is 0.407 e. The number of carbonyl (C=O) groups is 2. The van der Waals surface area contributed by atoms with Gasteiger partial charge in [0.25, 0.3) is 0 Å². The Morgan fingerprint density at radius 2 is 1.94 bits per heavy atom. The molecule has 1 unspecified atom stereocenters. The van der Waals surface area contributed by atoms with Crippen LogP contribution in [-0.2, 0) is 14.3 Å². The molecule has 0 rings (SSSR count). The fraction of sp³-hybridized carbons (Fsp3) is 0.800. The van der Waals surface area contributed by atoms with Crippen LogP contribution in [0.2, 0.25) is 0 Å². The standard InChI is InChI=1S/C10H18BrNO4/c1-10(2,3)16-9(14)12-6-8(15-4)7(13)5-11/h8H,5-6H2,1-4H3,(H,12,14). The molecule has 6 heteroatoms. The number of alkyl carbamates (subject to hydrolysis) is 1. The van der Waals surface area contributed by atoms with E-state index >= 15 is 0 Å². The van der Waals surface area contributed by atoms with E-state index in [2.05, 4.69) is 21.2 Å². The summed E-state index contributed by atoms with van der Waals surface area (Å²) in [6, 6.07) is 0. The van der Waals surface area contributed by atoms with Crippen LogP contribution in [0.25, 0.3) is 0 Å². The first-order valence-corrected chi connectivity index (χ1v) is 6.00. The van der Waals surface area contributed by atoms with E-state index in [-0.39, 0.29) is 17.7 Å². The van der Waals surface area contributed by atoms with Crippen molar-refractivity contribution in [2.45, 2.75) is 32.5 Å². The molecule has 0 spiro atoms. The fourth-order valence-electron chi connectivity index (χ4n) is 0.905. The van der Waals surface area contributed by atoms with E-state index in [0.717, 1.165) is 0 Å². The molecule has 1 N–H and O–H groups in total. The number of Topliss-reactive ketones (excluding diaryl/α,β-unsaturated/α-hetero) is 1. The summed E-state index contributed by atoms with van der Waals surface area (Å²) in [4.78, 5) is 22.6. The van der Waals surface area contributed by atoms with Crippen molar-refractivity contribution in [1.82, 2.24) is 5.32 Å². The number of ketones is 1. The third kappa shape index (κ3) is 6.79. The van der Waals surface area contributed by atoms with Gasteiger partial charge >= 0.3 is 6.09 Å². The molecule has 16 heavy (non-hydrogen) atoms. The lowest BCUT2D eigenvalue weighted by atomic mass is 10.2. The first kappa shape index (κ1) is 15.4. The first-order chi connectivity index (χ1) is 7.30. The van der Waals surface area contributed by atoms with Crippen LogP contribution >= 0.6 is 15.9 Å². The molecule has 1 atom stereocenters. The number of alkyl halides is 1. The monoisotopic (exact) mass is 295 g/mol. The Morgan fingerprint density at radius 1 is 1.38 bits per heavy atom. The molecule has 0 saturated heterocycles. The van der Waals surface area contributed by atoms with Crippen molar-refractivity contribution in [2.24, 2.45) is 0 Å². The van der Waals surface area contributed by atoms with Crippen molar-refractivity contribution in [1.29, 1.82) is 0 Å². The molecule has 1 amide bonds. The first-order valence-electron chi connectivity index (χ1n) is 4.88. The Bertz CT molecular complexity index is 250. The predicted octanol–water partition coefficient (Wildman–Crippen LogP) is 1.49. The quantitative estimate of drug-likeness (QED) is 0.781. The number of halogens is 1. The van der Waals surface area contributed by atoms with Gasteiger partial charge in [-0.2, -0.15) is 0 Å². The minimum absolute atomic E-state index is 0.107. The van der Waals surface area contributed by atoms with Crippen LogP contribution in [0.4, 0.5) is 4.79 Å². The summed E-state index contributed by atoms with van der Waals surface area (Å²) in [6.45, 7) is 5.41. The zero-order valence-corrected chi connectivity index (χ0v) is 11.6. The molecule has 94 valence electrons. The van der Waals surface area contributed by atoms with Gasteiger partial charge in [-0.15, -0.1) is 0 Å². The molecular weight excluding hydrogens is 278 g/mol. The normalized spacial score (nSPS) is 13.1. The summed E-state index contributed by atoms with van der Waals surface area (Å²) >= 11 is 3.04. The Hall–Kier alpha value is -0.620. The summed E-state index contributed by atoms with van der Waals surface area (Å²) in [6.07, 6.45) is -1.20. The van der Waals surface area contributed by atoms with E-state index in [1.807, 2.05) is 0 Å². The van der Waals surface area contributed by atoms with Crippen LogP contribution in [0.3, 0.4) is 0 Å². The molecule has 0 saturated carbocycles. The molecule has 0 aliphatic rings. The van der Waals surface area contributed by atoms with Gasteiger partial charge < -0.3 is 14.8 Å². The van der Waals surface area contributed by atoms with E-state index in [0.29, 0.717) is 0 Å². The highest BCUT2D eigenvalue weighted by Gasteiger charge is 2.20. The molecule has 0 aromatic rings. The minimum atomic E-state index is -0.646. The number of hydrogen-bond acceptors (Lipinski definition) is 4. The number of carbonyl (C=O) groups excluding carboxylic acids is 2. The van der Waals surface area contributed by atoms with Gasteiger partial charge in [0, 0.05) is 7.11 Å². The maximum atomic E-state index is 11.3. The van der Waals surface area contributed by atoms with Crippen LogP contribution < -0.4 is 5.32 Å². The van der Waals surface area contributed by atoms with Crippen molar-refractivity contribution in [3.05, 3.63) is 0 Å². The molecule has 0 aliphatic heterocycles. The zero-order valence-electron chi connectivity index (χ0n) is 10.0. The molecule has 0 heterocycles. The number of ether oxygens (including phenoxy) is 2. The number of amides is 1. The predicted molar refractivity (Wildman–Crippen MR) is 63.8 cm³/mol. The highest BCUT2D eigenvalue weighted by atomic mass is 79.9. The van der Waals surface area contributed by atoms with Gasteiger partial charge in [-0.05, 0) is 20.8 Å². The van der Waals surface area contributed by atoms with Crippen LogP contribution in [0.5, 0.6) is 0 Å². The molecule has 0 radical (unpaired) electrons.